The SMILES string of the molecule is CC1(C)c2ccc(-c3ccc4c(c3)c3ccccc3n4-c3ccccc3)cc2-c2ccc(-n3c4ccccc4c4ccc5c6ccccc6sc5c43)cc21.c1ccc(-n2c3ccccc3c3cc(-n4c5ccccc5c5ccc6c7ccccc7sc6c54)ccc32)cc1.c1ccc(N(c2ccccc2)c2ccc3c(c2)c2ccc4c5ccccc5sc4c2n3-c2ccc3c4ccccc4n(-c4ccccc4)c3c2)cc1. The van der Waals surface area contributed by atoms with Crippen LogP contribution in [0.25, 0.3) is 248 Å². The highest BCUT2D eigenvalue weighted by Gasteiger charge is 2.37. The highest BCUT2D eigenvalue weighted by molar-refractivity contribution is 7.27. The summed E-state index contributed by atoms with van der Waals surface area (Å²) in [6.45, 7) is 4.78. The number of thiophene rings is 3. The van der Waals surface area contributed by atoms with Crippen molar-refractivity contribution in [3.63, 3.8) is 0 Å². The van der Waals surface area contributed by atoms with Crippen molar-refractivity contribution in [3.05, 3.63) is 503 Å². The Kier molecular flexibility index (Phi) is 18.6. The molecule has 32 rings (SSSR count). The summed E-state index contributed by atoms with van der Waals surface area (Å²) in [5.74, 6) is 0. The van der Waals surface area contributed by atoms with Crippen LogP contribution in [0.15, 0.2) is 491 Å². The van der Waals surface area contributed by atoms with Gasteiger partial charge in [-0.1, -0.05) is 317 Å². The van der Waals surface area contributed by atoms with E-state index in [-0.39, 0.29) is 5.41 Å². The van der Waals surface area contributed by atoms with E-state index in [0.717, 1.165) is 28.4 Å². The Balaban J connectivity index is 0.000000102. The van der Waals surface area contributed by atoms with Crippen LogP contribution in [0, 0.1) is 0 Å². The lowest BCUT2D eigenvalue weighted by atomic mass is 9.82. The molecule has 0 saturated heterocycles. The zero-order chi connectivity index (χ0) is 95.4. The van der Waals surface area contributed by atoms with E-state index in [1.807, 2.05) is 34.0 Å². The Morgan fingerprint density at radius 2 is 0.476 bits per heavy atom. The molecule has 31 aromatic rings. The summed E-state index contributed by atoms with van der Waals surface area (Å²) in [7, 11) is 0. The lowest BCUT2D eigenvalue weighted by molar-refractivity contribution is 0.660. The van der Waals surface area contributed by atoms with Gasteiger partial charge in [0.25, 0.3) is 0 Å². The second-order valence-electron chi connectivity index (χ2n) is 38.9. The molecular formula is C135H87N7S3. The number of anilines is 3. The number of rotatable bonds is 10. The number of benzene rings is 22. The number of hydrogen-bond donors (Lipinski definition) is 0. The average Bonchev–Trinajstić information content (AvgIpc) is 1.56. The quantitative estimate of drug-likeness (QED) is 0.134. The van der Waals surface area contributed by atoms with Crippen LogP contribution in [0.3, 0.4) is 0 Å². The van der Waals surface area contributed by atoms with Crippen molar-refractivity contribution < 1.29 is 0 Å². The van der Waals surface area contributed by atoms with E-state index in [1.165, 1.54) is 247 Å². The van der Waals surface area contributed by atoms with E-state index in [4.69, 9.17) is 0 Å². The molecule has 0 amide bonds. The molecule has 0 bridgehead atoms. The number of nitrogens with zero attached hydrogens (tertiary/aromatic N) is 7. The topological polar surface area (TPSA) is 32.8 Å². The second-order valence-corrected chi connectivity index (χ2v) is 42.0. The summed E-state index contributed by atoms with van der Waals surface area (Å²) in [6.07, 6.45) is 0. The van der Waals surface area contributed by atoms with Gasteiger partial charge in [-0.2, -0.15) is 0 Å². The van der Waals surface area contributed by atoms with Crippen molar-refractivity contribution in [3.8, 4) is 56.4 Å². The van der Waals surface area contributed by atoms with Gasteiger partial charge in [0.1, 0.15) is 0 Å². The molecule has 0 aliphatic heterocycles. The molecule has 0 atom stereocenters. The van der Waals surface area contributed by atoms with Gasteiger partial charge in [-0.15, -0.1) is 34.0 Å². The highest BCUT2D eigenvalue weighted by atomic mass is 32.1. The molecule has 9 aromatic heterocycles. The molecular weight excluding hydrogens is 1820 g/mol. The van der Waals surface area contributed by atoms with Crippen LogP contribution in [0.1, 0.15) is 25.0 Å². The van der Waals surface area contributed by atoms with Crippen molar-refractivity contribution >= 4 is 242 Å². The van der Waals surface area contributed by atoms with Crippen LogP contribution < -0.4 is 4.90 Å². The molecule has 680 valence electrons. The molecule has 9 heterocycles. The first-order chi connectivity index (χ1) is 71.7. The Morgan fingerprint density at radius 1 is 0.172 bits per heavy atom. The number of hydrogen-bond acceptors (Lipinski definition) is 4. The third-order valence-electron chi connectivity index (χ3n) is 30.7. The minimum atomic E-state index is -0.141. The summed E-state index contributed by atoms with van der Waals surface area (Å²) in [6, 6.07) is 180. The van der Waals surface area contributed by atoms with E-state index < -0.39 is 0 Å². The summed E-state index contributed by atoms with van der Waals surface area (Å²) in [5, 5.41) is 23.2. The lowest BCUT2D eigenvalue weighted by Gasteiger charge is -2.25. The van der Waals surface area contributed by atoms with Crippen molar-refractivity contribution in [2.24, 2.45) is 0 Å². The first-order valence-corrected chi connectivity index (χ1v) is 52.2. The van der Waals surface area contributed by atoms with Gasteiger partial charge in [0, 0.05) is 168 Å². The van der Waals surface area contributed by atoms with E-state index in [0.29, 0.717) is 0 Å². The third kappa shape index (κ3) is 12.7. The van der Waals surface area contributed by atoms with Gasteiger partial charge in [0.05, 0.1) is 80.3 Å². The van der Waals surface area contributed by atoms with Crippen molar-refractivity contribution in [2.45, 2.75) is 19.3 Å². The Hall–Kier alpha value is -17.9. The summed E-state index contributed by atoms with van der Waals surface area (Å²) >= 11 is 5.70. The fraction of sp³-hybridized carbons (Fsp3) is 0.0222. The predicted octanol–water partition coefficient (Wildman–Crippen LogP) is 38.2. The van der Waals surface area contributed by atoms with Gasteiger partial charge >= 0.3 is 0 Å². The van der Waals surface area contributed by atoms with Crippen LogP contribution in [-0.4, -0.2) is 27.4 Å². The van der Waals surface area contributed by atoms with Gasteiger partial charge in [-0.3, -0.25) is 0 Å². The van der Waals surface area contributed by atoms with E-state index in [2.05, 4.69) is 538 Å². The largest absolute Gasteiger partial charge is 0.310 e. The predicted molar refractivity (Wildman–Crippen MR) is 622 cm³/mol. The molecule has 145 heavy (non-hydrogen) atoms. The van der Waals surface area contributed by atoms with Crippen molar-refractivity contribution in [1.82, 2.24) is 27.4 Å². The second kappa shape index (κ2) is 32.6. The minimum absolute atomic E-state index is 0.141. The molecule has 1 aliphatic carbocycles. The molecule has 0 N–H and O–H groups in total. The number of para-hydroxylation sites is 10. The van der Waals surface area contributed by atoms with Gasteiger partial charge in [-0.05, 0) is 221 Å². The normalized spacial score (nSPS) is 12.5. The van der Waals surface area contributed by atoms with Gasteiger partial charge < -0.3 is 32.3 Å². The fourth-order valence-corrected chi connectivity index (χ4v) is 28.0. The maximum atomic E-state index is 2.52. The number of aromatic nitrogens is 6. The Bertz CT molecular complexity index is 10700. The molecule has 1 aliphatic rings. The summed E-state index contributed by atoms with van der Waals surface area (Å²) in [5.41, 5.74) is 33.0. The summed E-state index contributed by atoms with van der Waals surface area (Å²) in [4.78, 5) is 2.35. The number of fused-ring (bicyclic) bond motifs is 33. The molecule has 7 nitrogen and oxygen atoms in total. The van der Waals surface area contributed by atoms with Crippen LogP contribution in [0.5, 0.6) is 0 Å². The van der Waals surface area contributed by atoms with Crippen LogP contribution in [0.4, 0.5) is 17.1 Å². The van der Waals surface area contributed by atoms with Gasteiger partial charge in [-0.25, -0.2) is 0 Å². The Labute approximate surface area is 846 Å². The average molecular weight is 1900 g/mol. The van der Waals surface area contributed by atoms with Crippen LogP contribution in [0.2, 0.25) is 0 Å². The highest BCUT2D eigenvalue weighted by Crippen LogP contribution is 2.55. The lowest BCUT2D eigenvalue weighted by Crippen LogP contribution is -2.15. The zero-order valence-corrected chi connectivity index (χ0v) is 81.6. The van der Waals surface area contributed by atoms with E-state index >= 15 is 0 Å². The van der Waals surface area contributed by atoms with Crippen molar-refractivity contribution in [2.75, 3.05) is 4.90 Å². The fourth-order valence-electron chi connectivity index (χ4n) is 24.3. The minimum Gasteiger partial charge on any atom is -0.310 e. The molecule has 0 saturated carbocycles. The molecule has 0 spiro atoms. The van der Waals surface area contributed by atoms with E-state index in [1.54, 1.807) is 0 Å². The maximum absolute atomic E-state index is 2.52. The van der Waals surface area contributed by atoms with Crippen molar-refractivity contribution in [1.29, 1.82) is 0 Å². The third-order valence-corrected chi connectivity index (χ3v) is 34.3. The van der Waals surface area contributed by atoms with Gasteiger partial charge in [0.2, 0.25) is 0 Å². The zero-order valence-electron chi connectivity index (χ0n) is 79.1. The van der Waals surface area contributed by atoms with E-state index in [9.17, 15) is 0 Å². The standard InChI is InChI=1S/C51H34N2S.C48H31N3S.C36H22N2S/c1-51(2)43-26-20-31(32-21-27-47-42(29-32)37-15-7-9-17-45(37)52(47)33-12-4-3-5-13-33)28-41(43)35-23-22-34(30-44(35)51)53-46-18-10-6-14-36(46)39-24-25-40-38-16-8-11-19-48(38)54-50(40)49(39)53;1-4-14-32(15-5-1)49(33-16-6-2-7-17-33)35-25-29-44-42(30-35)40-27-28-41-39-21-11-13-23-46(39)52-48(41)47(40)51(44)36-24-26-38-37-20-10-12-22-43(37)50(45(38)31-36)34-18-8-3-9-19-34;1-2-10-23(11-3-1)37-31-15-7-5-13-26(31)30-22-24(18-21-33(30)37)38-32-16-8-4-12-25(32)28-19-20-29-27-14-6-9-17-34(27)39-36(29)35(28)38/h3-30H,1-2H3;1-31H;1-22H. The van der Waals surface area contributed by atoms with Gasteiger partial charge in [0.15, 0.2) is 0 Å². The van der Waals surface area contributed by atoms with Crippen LogP contribution >= 0.6 is 34.0 Å². The first kappa shape index (κ1) is 82.9. The molecule has 22 aromatic carbocycles. The smallest absolute Gasteiger partial charge is 0.0719 e. The first-order valence-electron chi connectivity index (χ1n) is 49.8. The molecule has 0 radical (unpaired) electrons. The van der Waals surface area contributed by atoms with Crippen LogP contribution in [-0.2, 0) is 5.41 Å². The Morgan fingerprint density at radius 3 is 0.952 bits per heavy atom. The summed E-state index contributed by atoms with van der Waals surface area (Å²) < 4.78 is 22.7. The maximum Gasteiger partial charge on any atom is 0.0719 e. The molecule has 0 fully saturated rings. The molecule has 0 unspecified atom stereocenters. The molecule has 10 heteroatoms. The monoisotopic (exact) mass is 1900 g/mol.